The average Bonchev–Trinajstić information content (AvgIpc) is 2.61. The number of methoxy groups -OCH3 is 1. The number of piperidine rings is 1. The number of para-hydroxylation sites is 1. The molecule has 2 aromatic rings. The van der Waals surface area contributed by atoms with Crippen LogP contribution < -0.4 is 9.64 Å². The molecule has 3 rings (SSSR count). The first-order chi connectivity index (χ1) is 11.9. The Balaban J connectivity index is 1.83. The van der Waals surface area contributed by atoms with Crippen LogP contribution in [-0.2, 0) is 9.73 Å². The first kappa shape index (κ1) is 17.9. The van der Waals surface area contributed by atoms with E-state index in [9.17, 15) is 9.32 Å². The van der Waals surface area contributed by atoms with Crippen LogP contribution in [0.3, 0.4) is 0 Å². The number of nitrogens with zero attached hydrogens (tertiary/aromatic N) is 3. The Morgan fingerprint density at radius 3 is 2.72 bits per heavy atom. The molecule has 1 atom stereocenters. The molecule has 1 aromatic carbocycles. The number of nitrogens with one attached hydrogen (secondary N) is 1. The summed E-state index contributed by atoms with van der Waals surface area (Å²) in [7, 11) is -1.10. The van der Waals surface area contributed by atoms with Crippen LogP contribution in [0.5, 0.6) is 5.75 Å². The molecular formula is C17H24N4O3S. The van der Waals surface area contributed by atoms with E-state index >= 15 is 0 Å². The fourth-order valence-corrected chi connectivity index (χ4v) is 4.64. The minimum atomic E-state index is -2.71. The molecule has 0 amide bonds. The highest BCUT2D eigenvalue weighted by Crippen LogP contribution is 2.32. The fourth-order valence-electron chi connectivity index (χ4n) is 3.28. The van der Waals surface area contributed by atoms with Crippen LogP contribution in [0.1, 0.15) is 19.8 Å². The minimum Gasteiger partial charge on any atom is -0.494 e. The van der Waals surface area contributed by atoms with E-state index in [2.05, 4.69) is 14.9 Å². The minimum absolute atomic E-state index is 0.0443. The zero-order valence-corrected chi connectivity index (χ0v) is 15.4. The van der Waals surface area contributed by atoms with Gasteiger partial charge in [-0.15, -0.1) is 0 Å². The van der Waals surface area contributed by atoms with Crippen LogP contribution in [0.25, 0.3) is 10.9 Å². The zero-order valence-electron chi connectivity index (χ0n) is 14.6. The van der Waals surface area contributed by atoms with Gasteiger partial charge in [0.05, 0.1) is 18.5 Å². The Bertz CT molecular complexity index is 861. The number of fused-ring (bicyclic) bond motifs is 1. The number of benzene rings is 1. The van der Waals surface area contributed by atoms with Crippen molar-refractivity contribution in [2.45, 2.75) is 25.4 Å². The highest BCUT2D eigenvalue weighted by Gasteiger charge is 2.35. The largest absolute Gasteiger partial charge is 0.494 e. The van der Waals surface area contributed by atoms with E-state index in [4.69, 9.17) is 9.52 Å². The molecule has 1 aliphatic heterocycles. The second kappa shape index (κ2) is 6.76. The van der Waals surface area contributed by atoms with E-state index in [-0.39, 0.29) is 11.5 Å². The molecule has 25 heavy (non-hydrogen) atoms. The monoisotopic (exact) mass is 364 g/mol. The molecule has 0 spiro atoms. The second-order valence-electron chi connectivity index (χ2n) is 6.51. The molecule has 2 N–H and O–H groups in total. The Hall–Kier alpha value is -1.93. The van der Waals surface area contributed by atoms with Gasteiger partial charge in [0.1, 0.15) is 23.4 Å². The predicted molar refractivity (Wildman–Crippen MR) is 98.8 cm³/mol. The van der Waals surface area contributed by atoms with Crippen molar-refractivity contribution in [3.05, 3.63) is 24.5 Å². The fraction of sp³-hybridized carbons (Fsp3) is 0.529. The number of aliphatic hydroxyl groups is 1. The summed E-state index contributed by atoms with van der Waals surface area (Å²) in [6, 6.07) is 5.73. The smallest absolute Gasteiger partial charge is 0.145 e. The van der Waals surface area contributed by atoms with Gasteiger partial charge in [-0.3, -0.25) is 4.78 Å². The van der Waals surface area contributed by atoms with Gasteiger partial charge in [0, 0.05) is 34.0 Å². The number of ether oxygens (including phenoxy) is 1. The molecule has 0 unspecified atom stereocenters. The number of hydrogen-bond acceptors (Lipinski definition) is 7. The Morgan fingerprint density at radius 2 is 2.08 bits per heavy atom. The van der Waals surface area contributed by atoms with Crippen LogP contribution in [0.2, 0.25) is 0 Å². The Kier molecular flexibility index (Phi) is 4.83. The van der Waals surface area contributed by atoms with Crippen LogP contribution in [0.15, 0.2) is 24.5 Å². The van der Waals surface area contributed by atoms with Crippen LogP contribution in [-0.4, -0.2) is 56.6 Å². The highest BCUT2D eigenvalue weighted by molar-refractivity contribution is 7.92. The van der Waals surface area contributed by atoms with E-state index in [1.807, 2.05) is 18.2 Å². The third-order valence-corrected chi connectivity index (χ3v) is 6.72. The summed E-state index contributed by atoms with van der Waals surface area (Å²) in [6.07, 6.45) is 2.46. The van der Waals surface area contributed by atoms with Crippen LogP contribution in [0, 0.1) is 4.78 Å². The third kappa shape index (κ3) is 3.69. The first-order valence-corrected chi connectivity index (χ1v) is 10.3. The molecule has 7 nitrogen and oxygen atoms in total. The van der Waals surface area contributed by atoms with Gasteiger partial charge in [0.15, 0.2) is 0 Å². The van der Waals surface area contributed by atoms with E-state index in [1.165, 1.54) is 6.33 Å². The van der Waals surface area contributed by atoms with Gasteiger partial charge >= 0.3 is 0 Å². The van der Waals surface area contributed by atoms with Crippen molar-refractivity contribution in [3.63, 3.8) is 0 Å². The lowest BCUT2D eigenvalue weighted by Crippen LogP contribution is -2.48. The molecule has 1 fully saturated rings. The van der Waals surface area contributed by atoms with Gasteiger partial charge in [-0.25, -0.2) is 14.2 Å². The molecule has 1 aliphatic rings. The summed E-state index contributed by atoms with van der Waals surface area (Å²) in [5.74, 6) is 1.83. The number of anilines is 1. The van der Waals surface area contributed by atoms with Crippen LogP contribution in [0.4, 0.5) is 5.82 Å². The van der Waals surface area contributed by atoms with E-state index < -0.39 is 15.3 Å². The molecular weight excluding hydrogens is 340 g/mol. The summed E-state index contributed by atoms with van der Waals surface area (Å²) in [6.45, 7) is 2.92. The Morgan fingerprint density at radius 1 is 1.36 bits per heavy atom. The maximum absolute atomic E-state index is 12.1. The van der Waals surface area contributed by atoms with E-state index in [0.29, 0.717) is 31.7 Å². The van der Waals surface area contributed by atoms with Gasteiger partial charge in [0.2, 0.25) is 0 Å². The summed E-state index contributed by atoms with van der Waals surface area (Å²) >= 11 is 0. The van der Waals surface area contributed by atoms with Crippen molar-refractivity contribution in [2.75, 3.05) is 36.6 Å². The molecule has 1 aromatic heterocycles. The SMILES string of the molecule is CC[S@](=N)(=O)CC1(O)CCN(c2ncnc3c(OC)cccc23)CC1. The van der Waals surface area contributed by atoms with Crippen LogP contribution >= 0.6 is 0 Å². The van der Waals surface area contributed by atoms with Crippen molar-refractivity contribution in [3.8, 4) is 5.75 Å². The van der Waals surface area contributed by atoms with Gasteiger partial charge in [0.25, 0.3) is 0 Å². The maximum atomic E-state index is 12.1. The number of aromatic nitrogens is 2. The molecule has 0 radical (unpaired) electrons. The summed E-state index contributed by atoms with van der Waals surface area (Å²) in [4.78, 5) is 10.9. The van der Waals surface area contributed by atoms with E-state index in [1.54, 1.807) is 14.0 Å². The maximum Gasteiger partial charge on any atom is 0.145 e. The van der Waals surface area contributed by atoms with Crippen molar-refractivity contribution >= 4 is 26.4 Å². The predicted octanol–water partition coefficient (Wildman–Crippen LogP) is 2.04. The van der Waals surface area contributed by atoms with Crippen molar-refractivity contribution in [1.82, 2.24) is 9.97 Å². The summed E-state index contributed by atoms with van der Waals surface area (Å²) in [5.41, 5.74) is -0.276. The third-order valence-electron chi connectivity index (χ3n) is 4.79. The Labute approximate surface area is 148 Å². The average molecular weight is 364 g/mol. The lowest BCUT2D eigenvalue weighted by Gasteiger charge is -2.39. The molecule has 136 valence electrons. The molecule has 1 saturated heterocycles. The zero-order chi connectivity index (χ0) is 18.1. The molecule has 0 saturated carbocycles. The van der Waals surface area contributed by atoms with Gasteiger partial charge in [-0.05, 0) is 25.0 Å². The topological polar surface area (TPSA) is 99.4 Å². The lowest BCUT2D eigenvalue weighted by atomic mass is 9.93. The second-order valence-corrected chi connectivity index (χ2v) is 9.00. The van der Waals surface area contributed by atoms with Crippen molar-refractivity contribution < 1.29 is 14.1 Å². The van der Waals surface area contributed by atoms with Gasteiger partial charge in [-0.1, -0.05) is 13.0 Å². The number of rotatable bonds is 5. The van der Waals surface area contributed by atoms with Crippen molar-refractivity contribution in [2.24, 2.45) is 0 Å². The normalized spacial score (nSPS) is 19.6. The standard InChI is InChI=1S/C17H24N4O3S/c1-3-25(18,23)11-17(22)7-9-21(10-8-17)16-13-5-4-6-14(24-2)15(13)19-12-20-16/h4-6,12,18,22H,3,7-11H2,1-2H3/t25-/m0/s1. The van der Waals surface area contributed by atoms with Gasteiger partial charge in [-0.2, -0.15) is 0 Å². The number of hydrogen-bond donors (Lipinski definition) is 2. The molecule has 2 heterocycles. The first-order valence-electron chi connectivity index (χ1n) is 8.37. The molecule has 8 heteroatoms. The van der Waals surface area contributed by atoms with E-state index in [0.717, 1.165) is 16.7 Å². The van der Waals surface area contributed by atoms with Gasteiger partial charge < -0.3 is 14.7 Å². The van der Waals surface area contributed by atoms with Crippen molar-refractivity contribution in [1.29, 1.82) is 4.78 Å². The lowest BCUT2D eigenvalue weighted by molar-refractivity contribution is 0.0388. The molecule has 0 aliphatic carbocycles. The molecule has 0 bridgehead atoms. The summed E-state index contributed by atoms with van der Waals surface area (Å²) < 4.78 is 25.3. The quantitative estimate of drug-likeness (QED) is 0.842. The summed E-state index contributed by atoms with van der Waals surface area (Å²) in [5, 5.41) is 11.6. The highest BCUT2D eigenvalue weighted by atomic mass is 32.2.